The zero-order valence-corrected chi connectivity index (χ0v) is 11.4. The Morgan fingerprint density at radius 2 is 2.30 bits per heavy atom. The molecule has 0 unspecified atom stereocenters. The van der Waals surface area contributed by atoms with Crippen LogP contribution in [0.4, 0.5) is 13.2 Å². The SMILES string of the molecule is CC[C@H](NCc1ncccc1C(F)(F)F)[C@@H]1CCCO1. The largest absolute Gasteiger partial charge is 0.418 e. The van der Waals surface area contributed by atoms with Crippen LogP contribution in [0.1, 0.15) is 37.4 Å². The topological polar surface area (TPSA) is 34.2 Å². The summed E-state index contributed by atoms with van der Waals surface area (Å²) in [5.41, 5.74) is -0.633. The van der Waals surface area contributed by atoms with Crippen LogP contribution in [0.5, 0.6) is 0 Å². The number of nitrogens with one attached hydrogen (secondary N) is 1. The quantitative estimate of drug-likeness (QED) is 0.903. The number of hydrogen-bond donors (Lipinski definition) is 1. The second kappa shape index (κ2) is 6.54. The fraction of sp³-hybridized carbons (Fsp3) is 0.643. The molecule has 6 heteroatoms. The molecule has 2 rings (SSSR count). The van der Waals surface area contributed by atoms with Crippen LogP contribution in [0.15, 0.2) is 18.3 Å². The molecule has 2 atom stereocenters. The van der Waals surface area contributed by atoms with Gasteiger partial charge in [-0.3, -0.25) is 4.98 Å². The Balaban J connectivity index is 2.02. The summed E-state index contributed by atoms with van der Waals surface area (Å²) in [5, 5.41) is 3.15. The number of hydrogen-bond acceptors (Lipinski definition) is 3. The summed E-state index contributed by atoms with van der Waals surface area (Å²) in [4.78, 5) is 3.85. The Kier molecular flexibility index (Phi) is 4.99. The van der Waals surface area contributed by atoms with Gasteiger partial charge in [-0.05, 0) is 31.4 Å². The Bertz CT molecular complexity index is 431. The maximum atomic E-state index is 12.9. The summed E-state index contributed by atoms with van der Waals surface area (Å²) >= 11 is 0. The third-order valence-corrected chi connectivity index (χ3v) is 3.58. The van der Waals surface area contributed by atoms with Gasteiger partial charge in [-0.15, -0.1) is 0 Å². The highest BCUT2D eigenvalue weighted by Gasteiger charge is 2.34. The lowest BCUT2D eigenvalue weighted by Gasteiger charge is -2.23. The highest BCUT2D eigenvalue weighted by atomic mass is 19.4. The lowest BCUT2D eigenvalue weighted by Crippen LogP contribution is -2.39. The first-order valence-corrected chi connectivity index (χ1v) is 6.88. The molecule has 1 N–H and O–H groups in total. The van der Waals surface area contributed by atoms with Crippen molar-refractivity contribution in [3.05, 3.63) is 29.6 Å². The van der Waals surface area contributed by atoms with Crippen LogP contribution >= 0.6 is 0 Å². The molecule has 1 aromatic heterocycles. The van der Waals surface area contributed by atoms with Gasteiger partial charge >= 0.3 is 6.18 Å². The molecule has 1 saturated heterocycles. The molecular weight excluding hydrogens is 269 g/mol. The highest BCUT2D eigenvalue weighted by molar-refractivity contribution is 5.22. The summed E-state index contributed by atoms with van der Waals surface area (Å²) in [6.07, 6.45) is -0.0900. The smallest absolute Gasteiger partial charge is 0.377 e. The number of ether oxygens (including phenoxy) is 1. The van der Waals surface area contributed by atoms with E-state index in [0.29, 0.717) is 0 Å². The van der Waals surface area contributed by atoms with E-state index in [1.807, 2.05) is 6.92 Å². The van der Waals surface area contributed by atoms with E-state index >= 15 is 0 Å². The van der Waals surface area contributed by atoms with E-state index in [0.717, 1.165) is 31.9 Å². The average Bonchev–Trinajstić information content (AvgIpc) is 2.93. The molecule has 0 radical (unpaired) electrons. The molecule has 0 saturated carbocycles. The van der Waals surface area contributed by atoms with Crippen LogP contribution in [0.25, 0.3) is 0 Å². The van der Waals surface area contributed by atoms with Gasteiger partial charge in [-0.1, -0.05) is 6.92 Å². The molecule has 1 fully saturated rings. The van der Waals surface area contributed by atoms with Crippen molar-refractivity contribution in [2.75, 3.05) is 6.61 Å². The van der Waals surface area contributed by atoms with Crippen molar-refractivity contribution in [1.82, 2.24) is 10.3 Å². The average molecular weight is 288 g/mol. The van der Waals surface area contributed by atoms with Gasteiger partial charge in [-0.2, -0.15) is 13.2 Å². The van der Waals surface area contributed by atoms with Crippen molar-refractivity contribution in [2.45, 2.75) is 51.1 Å². The van der Waals surface area contributed by atoms with Gasteiger partial charge in [0.1, 0.15) is 0 Å². The lowest BCUT2D eigenvalue weighted by molar-refractivity contribution is -0.138. The van der Waals surface area contributed by atoms with Gasteiger partial charge < -0.3 is 10.1 Å². The minimum atomic E-state index is -4.36. The van der Waals surface area contributed by atoms with Gasteiger partial charge in [0.2, 0.25) is 0 Å². The van der Waals surface area contributed by atoms with Crippen molar-refractivity contribution >= 4 is 0 Å². The highest BCUT2D eigenvalue weighted by Crippen LogP contribution is 2.31. The standard InChI is InChI=1S/C14H19F3N2O/c1-2-11(13-6-4-8-20-13)19-9-12-10(14(15,16)17)5-3-7-18-12/h3,5,7,11,13,19H,2,4,6,8-9H2,1H3/t11-,13-/m0/s1. The molecule has 0 aromatic carbocycles. The summed E-state index contributed by atoms with van der Waals surface area (Å²) in [5.74, 6) is 0. The van der Waals surface area contributed by atoms with Crippen LogP contribution in [0.3, 0.4) is 0 Å². The fourth-order valence-corrected chi connectivity index (χ4v) is 2.52. The molecule has 1 aromatic rings. The van der Waals surface area contributed by atoms with Crippen molar-refractivity contribution < 1.29 is 17.9 Å². The Morgan fingerprint density at radius 3 is 2.90 bits per heavy atom. The first kappa shape index (κ1) is 15.3. The van der Waals surface area contributed by atoms with Crippen LogP contribution in [-0.2, 0) is 17.5 Å². The normalized spacial score (nSPS) is 21.1. The van der Waals surface area contributed by atoms with E-state index in [-0.39, 0.29) is 24.4 Å². The Labute approximate surface area is 116 Å². The third-order valence-electron chi connectivity index (χ3n) is 3.58. The van der Waals surface area contributed by atoms with Crippen LogP contribution in [-0.4, -0.2) is 23.7 Å². The summed E-state index contributed by atoms with van der Waals surface area (Å²) in [7, 11) is 0. The molecule has 1 aliphatic rings. The molecule has 0 aliphatic carbocycles. The Morgan fingerprint density at radius 1 is 1.50 bits per heavy atom. The maximum absolute atomic E-state index is 12.9. The Hall–Kier alpha value is -1.14. The molecule has 0 bridgehead atoms. The molecule has 20 heavy (non-hydrogen) atoms. The molecule has 3 nitrogen and oxygen atoms in total. The zero-order valence-electron chi connectivity index (χ0n) is 11.4. The second-order valence-corrected chi connectivity index (χ2v) is 4.94. The van der Waals surface area contributed by atoms with Gasteiger partial charge in [0.05, 0.1) is 17.4 Å². The van der Waals surface area contributed by atoms with E-state index < -0.39 is 11.7 Å². The van der Waals surface area contributed by atoms with Crippen molar-refractivity contribution in [3.8, 4) is 0 Å². The summed E-state index contributed by atoms with van der Waals surface area (Å²) in [6.45, 7) is 2.84. The van der Waals surface area contributed by atoms with Gasteiger partial charge in [0.25, 0.3) is 0 Å². The molecule has 2 heterocycles. The number of halogens is 3. The molecular formula is C14H19F3N2O. The number of alkyl halides is 3. The third kappa shape index (κ3) is 3.70. The predicted molar refractivity (Wildman–Crippen MR) is 69.1 cm³/mol. The lowest BCUT2D eigenvalue weighted by atomic mass is 10.1. The zero-order chi connectivity index (χ0) is 14.6. The first-order valence-electron chi connectivity index (χ1n) is 6.88. The van der Waals surface area contributed by atoms with E-state index in [4.69, 9.17) is 4.74 Å². The second-order valence-electron chi connectivity index (χ2n) is 4.94. The van der Waals surface area contributed by atoms with Crippen molar-refractivity contribution in [3.63, 3.8) is 0 Å². The minimum absolute atomic E-state index is 0.0384. The first-order chi connectivity index (χ1) is 9.52. The van der Waals surface area contributed by atoms with Gasteiger partial charge in [0, 0.05) is 25.4 Å². The van der Waals surface area contributed by atoms with Crippen molar-refractivity contribution in [2.24, 2.45) is 0 Å². The maximum Gasteiger partial charge on any atom is 0.418 e. The van der Waals surface area contributed by atoms with Gasteiger partial charge in [-0.25, -0.2) is 0 Å². The van der Waals surface area contributed by atoms with Crippen LogP contribution in [0, 0.1) is 0 Å². The van der Waals surface area contributed by atoms with E-state index in [2.05, 4.69) is 10.3 Å². The van der Waals surface area contributed by atoms with E-state index in [9.17, 15) is 13.2 Å². The predicted octanol–water partition coefficient (Wildman–Crippen LogP) is 3.15. The summed E-state index contributed by atoms with van der Waals surface area (Å²) < 4.78 is 44.2. The number of rotatable bonds is 5. The summed E-state index contributed by atoms with van der Waals surface area (Å²) in [6, 6.07) is 2.45. The molecule has 0 spiro atoms. The number of pyridine rings is 1. The van der Waals surface area contributed by atoms with Gasteiger partial charge in [0.15, 0.2) is 0 Å². The molecule has 112 valence electrons. The minimum Gasteiger partial charge on any atom is -0.377 e. The molecule has 1 aliphatic heterocycles. The van der Waals surface area contributed by atoms with Crippen molar-refractivity contribution in [1.29, 1.82) is 0 Å². The monoisotopic (exact) mass is 288 g/mol. The van der Waals surface area contributed by atoms with Crippen LogP contribution < -0.4 is 5.32 Å². The molecule has 0 amide bonds. The van der Waals surface area contributed by atoms with Crippen LogP contribution in [0.2, 0.25) is 0 Å². The van der Waals surface area contributed by atoms with E-state index in [1.54, 1.807) is 0 Å². The fourth-order valence-electron chi connectivity index (χ4n) is 2.52. The van der Waals surface area contributed by atoms with E-state index in [1.165, 1.54) is 12.3 Å². The number of nitrogens with zero attached hydrogens (tertiary/aromatic N) is 1. The number of aromatic nitrogens is 1.